The van der Waals surface area contributed by atoms with Gasteiger partial charge >= 0.3 is 0 Å². The number of anilines is 1. The van der Waals surface area contributed by atoms with Crippen LogP contribution in [0.4, 0.5) is 5.69 Å². The molecule has 1 amide bonds. The molecule has 2 saturated heterocycles. The van der Waals surface area contributed by atoms with Crippen LogP contribution in [0.5, 0.6) is 0 Å². The second-order valence-electron chi connectivity index (χ2n) is 7.64. The van der Waals surface area contributed by atoms with Crippen molar-refractivity contribution in [3.8, 4) is 0 Å². The minimum absolute atomic E-state index is 0.0228. The Labute approximate surface area is 170 Å². The maximum Gasteiger partial charge on any atom is 0.238 e. The lowest BCUT2D eigenvalue weighted by Crippen LogP contribution is -2.33. The molecule has 2 aromatic rings. The number of benzene rings is 1. The second-order valence-corrected chi connectivity index (χ2v) is 8.86. The fraction of sp³-hybridized carbons (Fsp3) is 0.524. The van der Waals surface area contributed by atoms with Crippen LogP contribution in [0.1, 0.15) is 35.9 Å². The van der Waals surface area contributed by atoms with Crippen molar-refractivity contribution >= 4 is 23.4 Å². The number of nitrogens with zero attached hydrogens (tertiary/aromatic N) is 3. The van der Waals surface area contributed by atoms with E-state index in [1.807, 2.05) is 36.9 Å². The van der Waals surface area contributed by atoms with Crippen LogP contribution >= 0.6 is 11.8 Å². The summed E-state index contributed by atoms with van der Waals surface area (Å²) in [5.41, 5.74) is 3.01. The Kier molecular flexibility index (Phi) is 6.34. The molecule has 0 bridgehead atoms. The molecule has 0 radical (unpaired) electrons. The van der Waals surface area contributed by atoms with Gasteiger partial charge in [-0.05, 0) is 44.0 Å². The van der Waals surface area contributed by atoms with Crippen molar-refractivity contribution in [3.05, 3.63) is 47.3 Å². The third-order valence-electron chi connectivity index (χ3n) is 5.41. The van der Waals surface area contributed by atoms with Crippen LogP contribution in [-0.2, 0) is 11.3 Å². The van der Waals surface area contributed by atoms with Crippen LogP contribution < -0.4 is 5.32 Å². The van der Waals surface area contributed by atoms with Gasteiger partial charge in [0.25, 0.3) is 0 Å². The van der Waals surface area contributed by atoms with Crippen molar-refractivity contribution in [2.75, 3.05) is 43.0 Å². The largest absolute Gasteiger partial charge is 0.359 e. The highest BCUT2D eigenvalue weighted by Gasteiger charge is 2.30. The van der Waals surface area contributed by atoms with E-state index in [9.17, 15) is 4.79 Å². The average molecular weight is 401 g/mol. The Morgan fingerprint density at radius 2 is 2.14 bits per heavy atom. The van der Waals surface area contributed by atoms with Gasteiger partial charge in [0.2, 0.25) is 5.91 Å². The van der Waals surface area contributed by atoms with Gasteiger partial charge in [0, 0.05) is 42.9 Å². The minimum Gasteiger partial charge on any atom is -0.359 e. The molecule has 0 saturated carbocycles. The first-order valence-electron chi connectivity index (χ1n) is 10.0. The lowest BCUT2D eigenvalue weighted by Gasteiger charge is -2.26. The van der Waals surface area contributed by atoms with Crippen molar-refractivity contribution < 1.29 is 9.32 Å². The molecule has 7 heteroatoms. The molecule has 2 fully saturated rings. The SMILES string of the molecule is Cc1cc(C2CCCN2CC(=O)Nc2cccc(CN3CCSCC3)c2)on1. The fourth-order valence-electron chi connectivity index (χ4n) is 4.03. The molecule has 1 unspecified atom stereocenters. The van der Waals surface area contributed by atoms with Crippen molar-refractivity contribution in [1.82, 2.24) is 15.0 Å². The summed E-state index contributed by atoms with van der Waals surface area (Å²) in [5, 5.41) is 7.07. The summed E-state index contributed by atoms with van der Waals surface area (Å²) in [6.45, 7) is 6.43. The first kappa shape index (κ1) is 19.5. The molecule has 1 atom stereocenters. The van der Waals surface area contributed by atoms with E-state index in [1.165, 1.54) is 17.1 Å². The topological polar surface area (TPSA) is 61.6 Å². The Morgan fingerprint density at radius 1 is 1.29 bits per heavy atom. The van der Waals surface area contributed by atoms with Gasteiger partial charge in [-0.2, -0.15) is 11.8 Å². The zero-order valence-corrected chi connectivity index (χ0v) is 17.2. The number of aromatic nitrogens is 1. The van der Waals surface area contributed by atoms with Crippen LogP contribution in [0.15, 0.2) is 34.9 Å². The first-order valence-corrected chi connectivity index (χ1v) is 11.2. The van der Waals surface area contributed by atoms with Crippen LogP contribution in [0.3, 0.4) is 0 Å². The molecular formula is C21H28N4O2S. The third-order valence-corrected chi connectivity index (χ3v) is 6.35. The van der Waals surface area contributed by atoms with E-state index < -0.39 is 0 Å². The van der Waals surface area contributed by atoms with Crippen LogP contribution in [0.25, 0.3) is 0 Å². The van der Waals surface area contributed by atoms with Gasteiger partial charge in [0.1, 0.15) is 0 Å². The average Bonchev–Trinajstić information content (AvgIpc) is 3.31. The summed E-state index contributed by atoms with van der Waals surface area (Å²) in [7, 11) is 0. The van der Waals surface area contributed by atoms with Crippen LogP contribution in [0, 0.1) is 6.92 Å². The van der Waals surface area contributed by atoms with E-state index in [1.54, 1.807) is 0 Å². The number of rotatable bonds is 6. The summed E-state index contributed by atoms with van der Waals surface area (Å²) < 4.78 is 5.44. The van der Waals surface area contributed by atoms with E-state index in [0.717, 1.165) is 56.2 Å². The Hall–Kier alpha value is -1.83. The number of thioether (sulfide) groups is 1. The zero-order chi connectivity index (χ0) is 19.3. The van der Waals surface area contributed by atoms with Gasteiger partial charge in [-0.3, -0.25) is 14.6 Å². The molecular weight excluding hydrogens is 372 g/mol. The predicted octanol–water partition coefficient (Wildman–Crippen LogP) is 3.31. The van der Waals surface area contributed by atoms with E-state index >= 15 is 0 Å². The van der Waals surface area contributed by atoms with Crippen molar-refractivity contribution in [3.63, 3.8) is 0 Å². The molecule has 0 spiro atoms. The van der Waals surface area contributed by atoms with Crippen molar-refractivity contribution in [2.45, 2.75) is 32.4 Å². The lowest BCUT2D eigenvalue weighted by atomic mass is 10.1. The van der Waals surface area contributed by atoms with Gasteiger partial charge < -0.3 is 9.84 Å². The Morgan fingerprint density at radius 3 is 2.93 bits per heavy atom. The minimum atomic E-state index is 0.0228. The summed E-state index contributed by atoms with van der Waals surface area (Å²) in [4.78, 5) is 17.3. The number of hydrogen-bond acceptors (Lipinski definition) is 6. The van der Waals surface area contributed by atoms with Crippen molar-refractivity contribution in [1.29, 1.82) is 0 Å². The molecule has 4 rings (SSSR count). The molecule has 6 nitrogen and oxygen atoms in total. The van der Waals surface area contributed by atoms with Crippen LogP contribution in [0.2, 0.25) is 0 Å². The maximum atomic E-state index is 12.6. The molecule has 2 aliphatic rings. The number of carbonyl (C=O) groups excluding carboxylic acids is 1. The fourth-order valence-corrected chi connectivity index (χ4v) is 5.01. The summed E-state index contributed by atoms with van der Waals surface area (Å²) >= 11 is 2.02. The zero-order valence-electron chi connectivity index (χ0n) is 16.4. The Balaban J connectivity index is 1.33. The molecule has 3 heterocycles. The number of amides is 1. The summed E-state index contributed by atoms with van der Waals surface area (Å²) in [5.74, 6) is 3.30. The summed E-state index contributed by atoms with van der Waals surface area (Å²) in [6.07, 6.45) is 2.08. The molecule has 150 valence electrons. The standard InChI is InChI=1S/C21H28N4O2S/c1-16-12-20(27-23-16)19-6-3-7-25(19)15-21(26)22-18-5-2-4-17(13-18)14-24-8-10-28-11-9-24/h2,4-5,12-13,19H,3,6-11,14-15H2,1H3,(H,22,26). The number of carbonyl (C=O) groups is 1. The van der Waals surface area contributed by atoms with Gasteiger partial charge in [-0.15, -0.1) is 0 Å². The Bertz CT molecular complexity index is 803. The lowest BCUT2D eigenvalue weighted by molar-refractivity contribution is -0.117. The van der Waals surface area contributed by atoms with E-state index in [0.29, 0.717) is 6.54 Å². The number of nitrogens with one attached hydrogen (secondary N) is 1. The van der Waals surface area contributed by atoms with Crippen molar-refractivity contribution in [2.24, 2.45) is 0 Å². The number of likely N-dealkylation sites (tertiary alicyclic amines) is 1. The van der Waals surface area contributed by atoms with Gasteiger partial charge in [0.05, 0.1) is 18.3 Å². The van der Waals surface area contributed by atoms with Gasteiger partial charge in [-0.25, -0.2) is 0 Å². The smallest absolute Gasteiger partial charge is 0.238 e. The first-order chi connectivity index (χ1) is 13.7. The van der Waals surface area contributed by atoms with Crippen LogP contribution in [-0.4, -0.2) is 58.5 Å². The molecule has 1 aromatic heterocycles. The van der Waals surface area contributed by atoms with E-state index in [-0.39, 0.29) is 11.9 Å². The predicted molar refractivity (Wildman–Crippen MR) is 112 cm³/mol. The third kappa shape index (κ3) is 4.96. The van der Waals surface area contributed by atoms with Gasteiger partial charge in [0.15, 0.2) is 5.76 Å². The molecule has 28 heavy (non-hydrogen) atoms. The van der Waals surface area contributed by atoms with E-state index in [4.69, 9.17) is 4.52 Å². The second kappa shape index (κ2) is 9.11. The monoisotopic (exact) mass is 400 g/mol. The van der Waals surface area contributed by atoms with Gasteiger partial charge in [-0.1, -0.05) is 17.3 Å². The molecule has 0 aliphatic carbocycles. The highest BCUT2D eigenvalue weighted by molar-refractivity contribution is 7.99. The highest BCUT2D eigenvalue weighted by Crippen LogP contribution is 2.31. The highest BCUT2D eigenvalue weighted by atomic mass is 32.2. The normalized spacial score (nSPS) is 21.1. The van der Waals surface area contributed by atoms with E-state index in [2.05, 4.69) is 32.4 Å². The molecule has 2 aliphatic heterocycles. The number of hydrogen-bond donors (Lipinski definition) is 1. The number of aryl methyl sites for hydroxylation is 1. The maximum absolute atomic E-state index is 12.6. The molecule has 1 aromatic carbocycles. The summed E-state index contributed by atoms with van der Waals surface area (Å²) in [6, 6.07) is 10.4. The quantitative estimate of drug-likeness (QED) is 0.803. The molecule has 1 N–H and O–H groups in total.